The first-order valence-corrected chi connectivity index (χ1v) is 10.0. The minimum Gasteiger partial charge on any atom is -0.344 e. The molecule has 148 valence electrons. The molecule has 1 aliphatic rings. The zero-order valence-electron chi connectivity index (χ0n) is 16.2. The molecule has 2 aromatic carbocycles. The molecule has 0 radical (unpaired) electrons. The van der Waals surface area contributed by atoms with Crippen LogP contribution < -0.4 is 15.1 Å². The number of carbonyl (C=O) groups excluding carboxylic acids is 1. The molecular formula is C22H23ClN5O+. The Hall–Kier alpha value is -2.96. The number of benzene rings is 2. The van der Waals surface area contributed by atoms with Gasteiger partial charge in [-0.25, -0.2) is 0 Å². The average Bonchev–Trinajstić information content (AvgIpc) is 2.75. The SMILES string of the molecule is C[NH+]1CCN(c2ccc(-c3cccc(NC(=O)c4cccc(Cl)c4)c3)nn2)CC1. The van der Waals surface area contributed by atoms with Gasteiger partial charge in [0, 0.05) is 21.8 Å². The fourth-order valence-electron chi connectivity index (χ4n) is 3.35. The van der Waals surface area contributed by atoms with Gasteiger partial charge in [0.2, 0.25) is 0 Å². The van der Waals surface area contributed by atoms with Crippen molar-refractivity contribution in [2.24, 2.45) is 0 Å². The smallest absolute Gasteiger partial charge is 0.255 e. The summed E-state index contributed by atoms with van der Waals surface area (Å²) < 4.78 is 0. The molecule has 0 bridgehead atoms. The van der Waals surface area contributed by atoms with Crippen LogP contribution in [0.3, 0.4) is 0 Å². The highest BCUT2D eigenvalue weighted by Gasteiger charge is 2.18. The molecule has 6 nitrogen and oxygen atoms in total. The van der Waals surface area contributed by atoms with E-state index in [9.17, 15) is 4.79 Å². The van der Waals surface area contributed by atoms with E-state index in [2.05, 4.69) is 27.5 Å². The fourth-order valence-corrected chi connectivity index (χ4v) is 3.54. The van der Waals surface area contributed by atoms with Gasteiger partial charge in [0.1, 0.15) is 0 Å². The first kappa shape index (κ1) is 19.4. The lowest BCUT2D eigenvalue weighted by Crippen LogP contribution is -3.12. The number of rotatable bonds is 4. The lowest BCUT2D eigenvalue weighted by Gasteiger charge is -2.30. The Balaban J connectivity index is 1.47. The van der Waals surface area contributed by atoms with Gasteiger partial charge in [-0.1, -0.05) is 29.8 Å². The monoisotopic (exact) mass is 408 g/mol. The Morgan fingerprint density at radius 1 is 1.03 bits per heavy atom. The maximum atomic E-state index is 12.5. The number of aromatic nitrogens is 2. The minimum atomic E-state index is -0.205. The van der Waals surface area contributed by atoms with E-state index in [-0.39, 0.29) is 5.91 Å². The van der Waals surface area contributed by atoms with E-state index in [0.717, 1.165) is 43.3 Å². The molecule has 4 rings (SSSR count). The molecule has 3 aromatic rings. The molecule has 1 amide bonds. The maximum absolute atomic E-state index is 12.5. The number of nitrogens with one attached hydrogen (secondary N) is 2. The topological polar surface area (TPSA) is 62.6 Å². The van der Waals surface area contributed by atoms with Gasteiger partial charge in [0.25, 0.3) is 5.91 Å². The van der Waals surface area contributed by atoms with Crippen molar-refractivity contribution < 1.29 is 9.69 Å². The summed E-state index contributed by atoms with van der Waals surface area (Å²) in [6, 6.07) is 18.5. The number of nitrogens with zero attached hydrogens (tertiary/aromatic N) is 3. The van der Waals surface area contributed by atoms with Crippen molar-refractivity contribution in [2.75, 3.05) is 43.4 Å². The van der Waals surface area contributed by atoms with E-state index in [4.69, 9.17) is 11.6 Å². The van der Waals surface area contributed by atoms with Gasteiger partial charge in [0.15, 0.2) is 5.82 Å². The summed E-state index contributed by atoms with van der Waals surface area (Å²) in [4.78, 5) is 16.3. The van der Waals surface area contributed by atoms with Crippen LogP contribution in [0, 0.1) is 0 Å². The van der Waals surface area contributed by atoms with Crippen LogP contribution in [0.4, 0.5) is 11.5 Å². The van der Waals surface area contributed by atoms with Crippen LogP contribution in [0.25, 0.3) is 11.3 Å². The van der Waals surface area contributed by atoms with Gasteiger partial charge in [-0.15, -0.1) is 10.2 Å². The Bertz CT molecular complexity index is 1000. The third-order valence-corrected chi connectivity index (χ3v) is 5.33. The second kappa shape index (κ2) is 8.59. The first-order valence-electron chi connectivity index (χ1n) is 9.66. The zero-order chi connectivity index (χ0) is 20.2. The van der Waals surface area contributed by atoms with E-state index in [1.165, 1.54) is 0 Å². The molecule has 2 heterocycles. The number of carbonyl (C=O) groups is 1. The predicted molar refractivity (Wildman–Crippen MR) is 116 cm³/mol. The van der Waals surface area contributed by atoms with Crippen molar-refractivity contribution in [3.8, 4) is 11.3 Å². The van der Waals surface area contributed by atoms with Gasteiger partial charge in [0.05, 0.1) is 38.9 Å². The van der Waals surface area contributed by atoms with E-state index in [1.807, 2.05) is 36.4 Å². The highest BCUT2D eigenvalue weighted by atomic mass is 35.5. The van der Waals surface area contributed by atoms with Crippen molar-refractivity contribution in [3.63, 3.8) is 0 Å². The molecule has 0 aliphatic carbocycles. The van der Waals surface area contributed by atoms with Crippen molar-refractivity contribution in [3.05, 3.63) is 71.2 Å². The van der Waals surface area contributed by atoms with Gasteiger partial charge >= 0.3 is 0 Å². The predicted octanol–water partition coefficient (Wildman–Crippen LogP) is 2.38. The molecular weight excluding hydrogens is 386 g/mol. The first-order chi connectivity index (χ1) is 14.1. The number of amides is 1. The van der Waals surface area contributed by atoms with Crippen molar-refractivity contribution in [1.82, 2.24) is 10.2 Å². The fraction of sp³-hybridized carbons (Fsp3) is 0.227. The molecule has 0 unspecified atom stereocenters. The maximum Gasteiger partial charge on any atom is 0.255 e. The summed E-state index contributed by atoms with van der Waals surface area (Å²) in [5.74, 6) is 0.704. The van der Waals surface area contributed by atoms with E-state index >= 15 is 0 Å². The van der Waals surface area contributed by atoms with E-state index < -0.39 is 0 Å². The van der Waals surface area contributed by atoms with Crippen molar-refractivity contribution in [1.29, 1.82) is 0 Å². The molecule has 1 fully saturated rings. The number of piperazine rings is 1. The third-order valence-electron chi connectivity index (χ3n) is 5.09. The summed E-state index contributed by atoms with van der Waals surface area (Å²) in [7, 11) is 2.21. The van der Waals surface area contributed by atoms with Crippen molar-refractivity contribution >= 4 is 29.0 Å². The molecule has 1 saturated heterocycles. The zero-order valence-corrected chi connectivity index (χ0v) is 17.0. The molecule has 1 aliphatic heterocycles. The molecule has 0 spiro atoms. The number of hydrogen-bond acceptors (Lipinski definition) is 4. The summed E-state index contributed by atoms with van der Waals surface area (Å²) in [5, 5.41) is 12.3. The Morgan fingerprint density at radius 2 is 1.83 bits per heavy atom. The Kier molecular flexibility index (Phi) is 5.74. The van der Waals surface area contributed by atoms with Crippen LogP contribution in [-0.4, -0.2) is 49.3 Å². The van der Waals surface area contributed by atoms with Crippen molar-refractivity contribution in [2.45, 2.75) is 0 Å². The highest BCUT2D eigenvalue weighted by Crippen LogP contribution is 2.22. The molecule has 29 heavy (non-hydrogen) atoms. The van der Waals surface area contributed by atoms with E-state index in [0.29, 0.717) is 16.3 Å². The lowest BCUT2D eigenvalue weighted by atomic mass is 10.1. The summed E-state index contributed by atoms with van der Waals surface area (Å²) in [6.45, 7) is 4.20. The van der Waals surface area contributed by atoms with E-state index in [1.54, 1.807) is 29.2 Å². The number of anilines is 2. The quantitative estimate of drug-likeness (QED) is 0.695. The number of likely N-dealkylation sites (N-methyl/N-ethyl adjacent to an activating group) is 1. The molecule has 2 N–H and O–H groups in total. The van der Waals surface area contributed by atoms with Crippen LogP contribution in [0.5, 0.6) is 0 Å². The lowest BCUT2D eigenvalue weighted by molar-refractivity contribution is -0.880. The van der Waals surface area contributed by atoms with Gasteiger partial charge in [-0.2, -0.15) is 0 Å². The standard InChI is InChI=1S/C22H22ClN5O/c1-27-10-12-28(13-11-27)21-9-8-20(25-26-21)16-4-3-7-19(15-16)24-22(29)17-5-2-6-18(23)14-17/h2-9,14-15H,10-13H2,1H3,(H,24,29)/p+1. The van der Waals surface area contributed by atoms with Crippen LogP contribution in [0.1, 0.15) is 10.4 Å². The number of hydrogen-bond donors (Lipinski definition) is 2. The Labute approximate surface area is 175 Å². The van der Waals surface area contributed by atoms with Crippen LogP contribution in [0.15, 0.2) is 60.7 Å². The number of quaternary nitrogens is 1. The van der Waals surface area contributed by atoms with Gasteiger partial charge < -0.3 is 15.1 Å². The highest BCUT2D eigenvalue weighted by molar-refractivity contribution is 6.31. The second-order valence-corrected chi connectivity index (χ2v) is 7.70. The van der Waals surface area contributed by atoms with Crippen LogP contribution in [-0.2, 0) is 0 Å². The van der Waals surface area contributed by atoms with Crippen LogP contribution in [0.2, 0.25) is 5.02 Å². The van der Waals surface area contributed by atoms with Gasteiger partial charge in [-0.05, 0) is 42.5 Å². The molecule has 1 aromatic heterocycles. The number of halogens is 1. The average molecular weight is 409 g/mol. The third kappa shape index (κ3) is 4.72. The molecule has 0 saturated carbocycles. The minimum absolute atomic E-state index is 0.205. The Morgan fingerprint density at radius 3 is 2.55 bits per heavy atom. The summed E-state index contributed by atoms with van der Waals surface area (Å²) in [6.07, 6.45) is 0. The summed E-state index contributed by atoms with van der Waals surface area (Å²) in [5.41, 5.74) is 2.88. The normalized spacial score (nSPS) is 14.6. The van der Waals surface area contributed by atoms with Crippen LogP contribution >= 0.6 is 11.6 Å². The summed E-state index contributed by atoms with van der Waals surface area (Å²) >= 11 is 5.97. The van der Waals surface area contributed by atoms with Gasteiger partial charge in [-0.3, -0.25) is 4.79 Å². The second-order valence-electron chi connectivity index (χ2n) is 7.27. The largest absolute Gasteiger partial charge is 0.344 e. The molecule has 7 heteroatoms. The molecule has 0 atom stereocenters.